The van der Waals surface area contributed by atoms with Crippen LogP contribution in [0.5, 0.6) is 0 Å². The molecule has 2 N–H and O–H groups in total. The molecule has 2 heteroatoms. The van der Waals surface area contributed by atoms with Crippen molar-refractivity contribution >= 4 is 0 Å². The van der Waals surface area contributed by atoms with Gasteiger partial charge in [0.25, 0.3) is 0 Å². The SMILES string of the molecule is CNCC(c1ccccc1)C1CCNCC1. The Morgan fingerprint density at radius 3 is 2.56 bits per heavy atom. The number of likely N-dealkylation sites (N-methyl/N-ethyl adjacent to an activating group) is 1. The zero-order chi connectivity index (χ0) is 11.2. The van der Waals surface area contributed by atoms with Crippen LogP contribution in [-0.4, -0.2) is 26.7 Å². The first kappa shape index (κ1) is 11.6. The van der Waals surface area contributed by atoms with E-state index in [0.29, 0.717) is 5.92 Å². The van der Waals surface area contributed by atoms with E-state index < -0.39 is 0 Å². The summed E-state index contributed by atoms with van der Waals surface area (Å²) in [4.78, 5) is 0. The van der Waals surface area contributed by atoms with E-state index in [1.807, 2.05) is 0 Å². The highest BCUT2D eigenvalue weighted by Gasteiger charge is 2.23. The molecule has 0 radical (unpaired) electrons. The molecule has 1 fully saturated rings. The maximum absolute atomic E-state index is 3.44. The van der Waals surface area contributed by atoms with Gasteiger partial charge in [-0.2, -0.15) is 0 Å². The molecule has 1 aliphatic heterocycles. The first-order valence-corrected chi connectivity index (χ1v) is 6.32. The lowest BCUT2D eigenvalue weighted by Gasteiger charge is -2.31. The van der Waals surface area contributed by atoms with Gasteiger partial charge in [0.1, 0.15) is 0 Å². The lowest BCUT2D eigenvalue weighted by Crippen LogP contribution is -2.34. The smallest absolute Gasteiger partial charge is 0.00198 e. The maximum Gasteiger partial charge on any atom is 0.00198 e. The Labute approximate surface area is 98.4 Å². The Hall–Kier alpha value is -0.860. The molecule has 1 saturated heterocycles. The van der Waals surface area contributed by atoms with Crippen LogP contribution < -0.4 is 10.6 Å². The van der Waals surface area contributed by atoms with Crippen LogP contribution in [0.15, 0.2) is 30.3 Å². The van der Waals surface area contributed by atoms with Crippen molar-refractivity contribution in [2.24, 2.45) is 5.92 Å². The van der Waals surface area contributed by atoms with E-state index in [4.69, 9.17) is 0 Å². The second kappa shape index (κ2) is 6.02. The molecule has 16 heavy (non-hydrogen) atoms. The topological polar surface area (TPSA) is 24.1 Å². The quantitative estimate of drug-likeness (QED) is 0.807. The number of benzene rings is 1. The molecular weight excluding hydrogens is 196 g/mol. The second-order valence-electron chi connectivity index (χ2n) is 4.66. The minimum Gasteiger partial charge on any atom is -0.319 e. The highest BCUT2D eigenvalue weighted by molar-refractivity contribution is 5.21. The molecular formula is C14H22N2. The summed E-state index contributed by atoms with van der Waals surface area (Å²) in [7, 11) is 2.05. The van der Waals surface area contributed by atoms with Crippen LogP contribution in [0.4, 0.5) is 0 Å². The third-order valence-corrected chi connectivity index (χ3v) is 3.60. The van der Waals surface area contributed by atoms with Crippen molar-refractivity contribution in [3.63, 3.8) is 0 Å². The fourth-order valence-corrected chi connectivity index (χ4v) is 2.72. The molecule has 0 amide bonds. The minimum absolute atomic E-state index is 0.674. The summed E-state index contributed by atoms with van der Waals surface area (Å²) in [5, 5.41) is 6.79. The van der Waals surface area contributed by atoms with Crippen molar-refractivity contribution in [2.45, 2.75) is 18.8 Å². The largest absolute Gasteiger partial charge is 0.319 e. The zero-order valence-electron chi connectivity index (χ0n) is 10.1. The molecule has 1 unspecified atom stereocenters. The van der Waals surface area contributed by atoms with Gasteiger partial charge in [-0.15, -0.1) is 0 Å². The summed E-state index contributed by atoms with van der Waals surface area (Å²) in [6, 6.07) is 10.9. The first-order valence-electron chi connectivity index (χ1n) is 6.32. The molecule has 1 aromatic rings. The Kier molecular flexibility index (Phi) is 4.37. The van der Waals surface area contributed by atoms with Crippen LogP contribution >= 0.6 is 0 Å². The van der Waals surface area contributed by atoms with Gasteiger partial charge >= 0.3 is 0 Å². The van der Waals surface area contributed by atoms with E-state index in [-0.39, 0.29) is 0 Å². The zero-order valence-corrected chi connectivity index (χ0v) is 10.1. The Bertz CT molecular complexity index is 291. The summed E-state index contributed by atoms with van der Waals surface area (Å²) in [5.74, 6) is 1.50. The van der Waals surface area contributed by atoms with Crippen molar-refractivity contribution in [3.05, 3.63) is 35.9 Å². The fourth-order valence-electron chi connectivity index (χ4n) is 2.72. The van der Waals surface area contributed by atoms with Crippen LogP contribution in [0, 0.1) is 5.92 Å². The second-order valence-corrected chi connectivity index (χ2v) is 4.66. The number of hydrogen-bond acceptors (Lipinski definition) is 2. The van der Waals surface area contributed by atoms with Gasteiger partial charge in [0.05, 0.1) is 0 Å². The number of piperidine rings is 1. The predicted octanol–water partition coefficient (Wildman–Crippen LogP) is 1.99. The Morgan fingerprint density at radius 1 is 1.25 bits per heavy atom. The normalized spacial score (nSPS) is 19.6. The first-order chi connectivity index (χ1) is 7.92. The highest BCUT2D eigenvalue weighted by atomic mass is 14.9. The Balaban J connectivity index is 2.09. The lowest BCUT2D eigenvalue weighted by atomic mass is 9.80. The monoisotopic (exact) mass is 218 g/mol. The van der Waals surface area contributed by atoms with E-state index in [9.17, 15) is 0 Å². The predicted molar refractivity (Wildman–Crippen MR) is 68.7 cm³/mol. The fraction of sp³-hybridized carbons (Fsp3) is 0.571. The van der Waals surface area contributed by atoms with Gasteiger partial charge in [-0.3, -0.25) is 0 Å². The molecule has 0 aliphatic carbocycles. The number of nitrogens with one attached hydrogen (secondary N) is 2. The van der Waals surface area contributed by atoms with Crippen molar-refractivity contribution < 1.29 is 0 Å². The number of hydrogen-bond donors (Lipinski definition) is 2. The van der Waals surface area contributed by atoms with Gasteiger partial charge in [0.15, 0.2) is 0 Å². The molecule has 0 spiro atoms. The molecule has 0 saturated carbocycles. The standard InChI is InChI=1S/C14H22N2/c1-15-11-14(12-5-3-2-4-6-12)13-7-9-16-10-8-13/h2-6,13-16H,7-11H2,1H3. The maximum atomic E-state index is 3.44. The molecule has 1 heterocycles. The van der Waals surface area contributed by atoms with E-state index in [1.54, 1.807) is 0 Å². The molecule has 2 rings (SSSR count). The summed E-state index contributed by atoms with van der Waals surface area (Å²) >= 11 is 0. The average Bonchev–Trinajstić information content (AvgIpc) is 2.38. The van der Waals surface area contributed by atoms with Gasteiger partial charge < -0.3 is 10.6 Å². The van der Waals surface area contributed by atoms with E-state index in [2.05, 4.69) is 48.0 Å². The van der Waals surface area contributed by atoms with Crippen LogP contribution in [-0.2, 0) is 0 Å². The van der Waals surface area contributed by atoms with Crippen LogP contribution in [0.1, 0.15) is 24.3 Å². The van der Waals surface area contributed by atoms with Gasteiger partial charge in [0, 0.05) is 6.54 Å². The van der Waals surface area contributed by atoms with E-state index in [0.717, 1.165) is 12.5 Å². The van der Waals surface area contributed by atoms with Crippen LogP contribution in [0.3, 0.4) is 0 Å². The third kappa shape index (κ3) is 2.83. The van der Waals surface area contributed by atoms with Gasteiger partial charge in [-0.1, -0.05) is 30.3 Å². The molecule has 1 atom stereocenters. The van der Waals surface area contributed by atoms with Crippen LogP contribution in [0.25, 0.3) is 0 Å². The molecule has 88 valence electrons. The highest BCUT2D eigenvalue weighted by Crippen LogP contribution is 2.30. The molecule has 1 aliphatic rings. The van der Waals surface area contributed by atoms with E-state index in [1.165, 1.54) is 31.5 Å². The molecule has 2 nitrogen and oxygen atoms in total. The van der Waals surface area contributed by atoms with E-state index >= 15 is 0 Å². The van der Waals surface area contributed by atoms with Crippen molar-refractivity contribution in [1.29, 1.82) is 0 Å². The van der Waals surface area contributed by atoms with Gasteiger partial charge in [-0.25, -0.2) is 0 Å². The van der Waals surface area contributed by atoms with Crippen molar-refractivity contribution in [3.8, 4) is 0 Å². The van der Waals surface area contributed by atoms with Gasteiger partial charge in [-0.05, 0) is 50.4 Å². The van der Waals surface area contributed by atoms with Gasteiger partial charge in [0.2, 0.25) is 0 Å². The number of rotatable bonds is 4. The summed E-state index contributed by atoms with van der Waals surface area (Å²) in [5.41, 5.74) is 1.49. The third-order valence-electron chi connectivity index (χ3n) is 3.60. The minimum atomic E-state index is 0.674. The Morgan fingerprint density at radius 2 is 1.94 bits per heavy atom. The average molecular weight is 218 g/mol. The van der Waals surface area contributed by atoms with Crippen LogP contribution in [0.2, 0.25) is 0 Å². The summed E-state index contributed by atoms with van der Waals surface area (Å²) < 4.78 is 0. The molecule has 0 aromatic heterocycles. The summed E-state index contributed by atoms with van der Waals surface area (Å²) in [6.07, 6.45) is 2.61. The summed E-state index contributed by atoms with van der Waals surface area (Å²) in [6.45, 7) is 3.45. The van der Waals surface area contributed by atoms with Crippen molar-refractivity contribution in [1.82, 2.24) is 10.6 Å². The van der Waals surface area contributed by atoms with Crippen molar-refractivity contribution in [2.75, 3.05) is 26.7 Å². The lowest BCUT2D eigenvalue weighted by molar-refractivity contribution is 0.313. The molecule has 1 aromatic carbocycles. The molecule has 0 bridgehead atoms.